The first-order chi connectivity index (χ1) is 8.61. The lowest BCUT2D eigenvalue weighted by atomic mass is 9.85. The third-order valence-corrected chi connectivity index (χ3v) is 4.17. The molecule has 1 atom stereocenters. The van der Waals surface area contributed by atoms with E-state index in [4.69, 9.17) is 5.11 Å². The Labute approximate surface area is 108 Å². The average Bonchev–Trinajstić information content (AvgIpc) is 2.27. The predicted molar refractivity (Wildman–Crippen MR) is 67.2 cm³/mol. The lowest BCUT2D eigenvalue weighted by Crippen LogP contribution is -2.58. The number of carboxylic acid groups (broad SMARTS) is 1. The minimum absolute atomic E-state index is 0.0115. The van der Waals surface area contributed by atoms with Crippen LogP contribution in [0.4, 0.5) is 0 Å². The number of piperazine rings is 1. The molecule has 0 aromatic rings. The zero-order valence-electron chi connectivity index (χ0n) is 11.0. The van der Waals surface area contributed by atoms with Crippen LogP contribution in [0.5, 0.6) is 0 Å². The average molecular weight is 254 g/mol. The fraction of sp³-hybridized carbons (Fsp3) is 0.846. The predicted octanol–water partition coefficient (Wildman–Crippen LogP) is 0.794. The van der Waals surface area contributed by atoms with Crippen molar-refractivity contribution in [2.24, 2.45) is 5.92 Å². The fourth-order valence-corrected chi connectivity index (χ4v) is 2.81. The fourth-order valence-electron chi connectivity index (χ4n) is 2.81. The molecule has 2 fully saturated rings. The number of carbonyl (C=O) groups excluding carboxylic acids is 1. The molecule has 1 saturated carbocycles. The monoisotopic (exact) mass is 254 g/mol. The molecular formula is C13H22N2O3. The number of amides is 1. The van der Waals surface area contributed by atoms with E-state index >= 15 is 0 Å². The lowest BCUT2D eigenvalue weighted by molar-refractivity contribution is -0.150. The highest BCUT2D eigenvalue weighted by molar-refractivity contribution is 5.86. The van der Waals surface area contributed by atoms with Gasteiger partial charge in [0.05, 0.1) is 12.5 Å². The van der Waals surface area contributed by atoms with Gasteiger partial charge in [0.2, 0.25) is 5.91 Å². The van der Waals surface area contributed by atoms with Gasteiger partial charge in [0.25, 0.3) is 0 Å². The summed E-state index contributed by atoms with van der Waals surface area (Å²) in [6.45, 7) is 5.09. The molecule has 1 unspecified atom stereocenters. The van der Waals surface area contributed by atoms with Crippen molar-refractivity contribution in [3.8, 4) is 0 Å². The second-order valence-electron chi connectivity index (χ2n) is 5.32. The Bertz CT molecular complexity index is 328. The molecule has 18 heavy (non-hydrogen) atoms. The number of carboxylic acids is 1. The second kappa shape index (κ2) is 5.69. The van der Waals surface area contributed by atoms with Crippen LogP contribution in [0, 0.1) is 5.92 Å². The number of hydrogen-bond donors (Lipinski definition) is 1. The van der Waals surface area contributed by atoms with E-state index in [1.165, 1.54) is 19.3 Å². The molecule has 0 aromatic heterocycles. The SMILES string of the molecule is CCN1CCN(CC2CCC2)C(=O)C1CC(=O)O. The first kappa shape index (κ1) is 13.3. The number of carbonyl (C=O) groups is 2. The highest BCUT2D eigenvalue weighted by Crippen LogP contribution is 2.28. The molecule has 5 nitrogen and oxygen atoms in total. The van der Waals surface area contributed by atoms with Gasteiger partial charge in [-0.1, -0.05) is 13.3 Å². The molecule has 2 aliphatic rings. The molecule has 1 amide bonds. The van der Waals surface area contributed by atoms with E-state index < -0.39 is 12.0 Å². The number of rotatable bonds is 5. The summed E-state index contributed by atoms with van der Waals surface area (Å²) in [6, 6.07) is -0.457. The highest BCUT2D eigenvalue weighted by Gasteiger charge is 2.36. The lowest BCUT2D eigenvalue weighted by Gasteiger charge is -2.42. The zero-order valence-corrected chi connectivity index (χ0v) is 11.0. The summed E-state index contributed by atoms with van der Waals surface area (Å²) in [5, 5.41) is 8.92. The molecule has 1 heterocycles. The maximum Gasteiger partial charge on any atom is 0.305 e. The molecule has 0 radical (unpaired) electrons. The van der Waals surface area contributed by atoms with Crippen LogP contribution >= 0.6 is 0 Å². The van der Waals surface area contributed by atoms with Crippen LogP contribution in [0.15, 0.2) is 0 Å². The van der Waals surface area contributed by atoms with Crippen LogP contribution < -0.4 is 0 Å². The molecule has 2 rings (SSSR count). The number of aliphatic carboxylic acids is 1. The van der Waals surface area contributed by atoms with Gasteiger partial charge in [-0.15, -0.1) is 0 Å². The number of hydrogen-bond acceptors (Lipinski definition) is 3. The van der Waals surface area contributed by atoms with Gasteiger partial charge in [-0.05, 0) is 25.3 Å². The van der Waals surface area contributed by atoms with E-state index in [9.17, 15) is 9.59 Å². The summed E-state index contributed by atoms with van der Waals surface area (Å²) in [5.74, 6) is -0.234. The van der Waals surface area contributed by atoms with Crippen LogP contribution in [-0.4, -0.2) is 59.0 Å². The highest BCUT2D eigenvalue weighted by atomic mass is 16.4. The molecule has 5 heteroatoms. The molecule has 0 spiro atoms. The number of nitrogens with zero attached hydrogens (tertiary/aromatic N) is 2. The zero-order chi connectivity index (χ0) is 13.1. The molecule has 0 aromatic carbocycles. The molecule has 1 aliphatic carbocycles. The van der Waals surface area contributed by atoms with Crippen molar-refractivity contribution in [1.82, 2.24) is 9.80 Å². The molecule has 1 aliphatic heterocycles. The Kier molecular flexibility index (Phi) is 4.22. The van der Waals surface area contributed by atoms with Gasteiger partial charge in [0.15, 0.2) is 0 Å². The Morgan fingerprint density at radius 2 is 2.11 bits per heavy atom. The molecule has 102 valence electrons. The molecular weight excluding hydrogens is 232 g/mol. The van der Waals surface area contributed by atoms with Crippen LogP contribution in [-0.2, 0) is 9.59 Å². The van der Waals surface area contributed by atoms with Gasteiger partial charge in [-0.2, -0.15) is 0 Å². The van der Waals surface area contributed by atoms with E-state index in [0.717, 1.165) is 26.2 Å². The summed E-state index contributed by atoms with van der Waals surface area (Å²) in [6.07, 6.45) is 3.62. The van der Waals surface area contributed by atoms with Crippen molar-refractivity contribution >= 4 is 11.9 Å². The van der Waals surface area contributed by atoms with Crippen LogP contribution in [0.25, 0.3) is 0 Å². The Balaban J connectivity index is 1.98. The normalized spacial score (nSPS) is 26.2. The summed E-state index contributed by atoms with van der Waals surface area (Å²) >= 11 is 0. The molecule has 1 saturated heterocycles. The maximum atomic E-state index is 12.3. The Hall–Kier alpha value is -1.10. The van der Waals surface area contributed by atoms with E-state index in [2.05, 4.69) is 0 Å². The van der Waals surface area contributed by atoms with E-state index in [1.807, 2.05) is 16.7 Å². The maximum absolute atomic E-state index is 12.3. The standard InChI is InChI=1S/C13H22N2O3/c1-2-14-6-7-15(9-10-4-3-5-10)13(18)11(14)8-12(16)17/h10-11H,2-9H2,1H3,(H,16,17). The Morgan fingerprint density at radius 1 is 1.39 bits per heavy atom. The van der Waals surface area contributed by atoms with Crippen molar-refractivity contribution in [3.63, 3.8) is 0 Å². The van der Waals surface area contributed by atoms with Gasteiger partial charge in [0.1, 0.15) is 0 Å². The number of likely N-dealkylation sites (N-methyl/N-ethyl adjacent to an activating group) is 1. The van der Waals surface area contributed by atoms with Gasteiger partial charge >= 0.3 is 5.97 Å². The summed E-state index contributed by atoms with van der Waals surface area (Å²) in [4.78, 5) is 27.1. The topological polar surface area (TPSA) is 60.9 Å². The first-order valence-electron chi connectivity index (χ1n) is 6.86. The van der Waals surface area contributed by atoms with Crippen molar-refractivity contribution in [2.45, 2.75) is 38.6 Å². The first-order valence-corrected chi connectivity index (χ1v) is 6.86. The molecule has 0 bridgehead atoms. The summed E-state index contributed by atoms with van der Waals surface area (Å²) in [7, 11) is 0. The van der Waals surface area contributed by atoms with Gasteiger partial charge in [-0.25, -0.2) is 0 Å². The van der Waals surface area contributed by atoms with Crippen LogP contribution in [0.2, 0.25) is 0 Å². The smallest absolute Gasteiger partial charge is 0.305 e. The Morgan fingerprint density at radius 3 is 2.61 bits per heavy atom. The van der Waals surface area contributed by atoms with Gasteiger partial charge < -0.3 is 10.0 Å². The van der Waals surface area contributed by atoms with Crippen molar-refractivity contribution in [2.75, 3.05) is 26.2 Å². The third kappa shape index (κ3) is 2.83. The summed E-state index contributed by atoms with van der Waals surface area (Å²) in [5.41, 5.74) is 0. The van der Waals surface area contributed by atoms with E-state index in [-0.39, 0.29) is 12.3 Å². The van der Waals surface area contributed by atoms with Crippen molar-refractivity contribution in [3.05, 3.63) is 0 Å². The van der Waals surface area contributed by atoms with E-state index in [0.29, 0.717) is 5.92 Å². The van der Waals surface area contributed by atoms with Crippen molar-refractivity contribution in [1.29, 1.82) is 0 Å². The minimum atomic E-state index is -0.891. The largest absolute Gasteiger partial charge is 0.481 e. The second-order valence-corrected chi connectivity index (χ2v) is 5.32. The minimum Gasteiger partial charge on any atom is -0.481 e. The van der Waals surface area contributed by atoms with Crippen LogP contribution in [0.1, 0.15) is 32.6 Å². The molecule has 1 N–H and O–H groups in total. The quantitative estimate of drug-likeness (QED) is 0.788. The van der Waals surface area contributed by atoms with Crippen molar-refractivity contribution < 1.29 is 14.7 Å². The third-order valence-electron chi connectivity index (χ3n) is 4.17. The summed E-state index contributed by atoms with van der Waals surface area (Å²) < 4.78 is 0. The van der Waals surface area contributed by atoms with Gasteiger partial charge in [-0.3, -0.25) is 14.5 Å². The van der Waals surface area contributed by atoms with Crippen LogP contribution in [0.3, 0.4) is 0 Å². The van der Waals surface area contributed by atoms with E-state index in [1.54, 1.807) is 0 Å². The van der Waals surface area contributed by atoms with Gasteiger partial charge in [0, 0.05) is 19.6 Å².